The lowest BCUT2D eigenvalue weighted by molar-refractivity contribution is -0.0243. The lowest BCUT2D eigenvalue weighted by atomic mass is 10.2. The Hall–Kier alpha value is -2.02. The first kappa shape index (κ1) is 11.1. The monoisotopic (exact) mass is 251 g/mol. The van der Waals surface area contributed by atoms with Crippen molar-refractivity contribution < 1.29 is 15.0 Å². The Labute approximate surface area is 102 Å². The van der Waals surface area contributed by atoms with Crippen molar-refractivity contribution in [3.05, 3.63) is 22.1 Å². The summed E-state index contributed by atoms with van der Waals surface area (Å²) in [5.74, 6) is -1.63. The quantitative estimate of drug-likeness (QED) is 0.660. The van der Waals surface area contributed by atoms with Gasteiger partial charge in [-0.05, 0) is 13.3 Å². The molecule has 3 rings (SSSR count). The summed E-state index contributed by atoms with van der Waals surface area (Å²) in [7, 11) is 0. The van der Waals surface area contributed by atoms with E-state index in [4.69, 9.17) is 0 Å². The van der Waals surface area contributed by atoms with Gasteiger partial charge >= 0.3 is 0 Å². The minimum absolute atomic E-state index is 0.0505. The van der Waals surface area contributed by atoms with E-state index in [9.17, 15) is 19.8 Å². The molecule has 0 aromatic carbocycles. The molecule has 0 saturated carbocycles. The van der Waals surface area contributed by atoms with Crippen molar-refractivity contribution in [3.63, 3.8) is 0 Å². The summed E-state index contributed by atoms with van der Waals surface area (Å²) in [6.07, 6.45) is 2.03. The summed E-state index contributed by atoms with van der Waals surface area (Å²) in [4.78, 5) is 23.7. The Morgan fingerprint density at radius 3 is 2.78 bits per heavy atom. The van der Waals surface area contributed by atoms with Crippen molar-refractivity contribution in [1.29, 1.82) is 0 Å². The van der Waals surface area contributed by atoms with Gasteiger partial charge in [-0.25, -0.2) is 0 Å². The van der Waals surface area contributed by atoms with Gasteiger partial charge in [0.1, 0.15) is 0 Å². The molecule has 0 spiro atoms. The van der Waals surface area contributed by atoms with E-state index in [-0.39, 0.29) is 11.7 Å². The van der Waals surface area contributed by atoms with Crippen LogP contribution < -0.4 is 5.43 Å². The van der Waals surface area contributed by atoms with Crippen molar-refractivity contribution in [3.8, 4) is 11.5 Å². The van der Waals surface area contributed by atoms with Crippen LogP contribution in [-0.2, 0) is 6.67 Å². The molecule has 7 heteroatoms. The highest BCUT2D eigenvalue weighted by Crippen LogP contribution is 2.29. The van der Waals surface area contributed by atoms with Gasteiger partial charge in [-0.15, -0.1) is 0 Å². The molecule has 0 radical (unpaired) electrons. The Morgan fingerprint density at radius 1 is 1.33 bits per heavy atom. The second-order valence-electron chi connectivity index (χ2n) is 4.67. The third kappa shape index (κ3) is 1.28. The number of aromatic hydroxyl groups is 2. The second kappa shape index (κ2) is 3.49. The molecule has 96 valence electrons. The fraction of sp³-hybridized carbons (Fsp3) is 0.455. The topological polar surface area (TPSA) is 86.0 Å². The molecule has 1 amide bonds. The van der Waals surface area contributed by atoms with Crippen LogP contribution >= 0.6 is 0 Å². The van der Waals surface area contributed by atoms with E-state index < -0.39 is 22.8 Å². The average Bonchev–Trinajstić information content (AvgIpc) is 2.68. The predicted octanol–water partition coefficient (Wildman–Crippen LogP) is -0.318. The van der Waals surface area contributed by atoms with Crippen LogP contribution in [0.3, 0.4) is 0 Å². The number of hydrogen-bond acceptors (Lipinski definition) is 5. The number of carbonyl (C=O) groups excluding carboxylic acids is 1. The molecule has 1 aromatic heterocycles. The van der Waals surface area contributed by atoms with Crippen LogP contribution in [0.4, 0.5) is 0 Å². The third-order valence-corrected chi connectivity index (χ3v) is 3.49. The number of amides is 1. The molecule has 0 bridgehead atoms. The number of fused-ring (bicyclic) bond motifs is 2. The predicted molar refractivity (Wildman–Crippen MR) is 61.0 cm³/mol. The summed E-state index contributed by atoms with van der Waals surface area (Å²) in [5, 5.41) is 22.5. The lowest BCUT2D eigenvalue weighted by Crippen LogP contribution is -2.50. The van der Waals surface area contributed by atoms with Crippen LogP contribution in [-0.4, -0.2) is 43.3 Å². The summed E-state index contributed by atoms with van der Waals surface area (Å²) >= 11 is 0. The maximum atomic E-state index is 12.3. The van der Waals surface area contributed by atoms with E-state index in [0.717, 1.165) is 13.0 Å². The number of hydrogen-bond donors (Lipinski definition) is 2. The van der Waals surface area contributed by atoms with Gasteiger partial charge in [-0.3, -0.25) is 14.6 Å². The van der Waals surface area contributed by atoms with Gasteiger partial charge in [0.25, 0.3) is 11.3 Å². The van der Waals surface area contributed by atoms with E-state index >= 15 is 0 Å². The zero-order valence-corrected chi connectivity index (χ0v) is 9.83. The summed E-state index contributed by atoms with van der Waals surface area (Å²) < 4.78 is 1.41. The minimum Gasteiger partial charge on any atom is -0.503 e. The normalized spacial score (nSPS) is 23.1. The number of pyridine rings is 1. The largest absolute Gasteiger partial charge is 0.503 e. The van der Waals surface area contributed by atoms with Crippen LogP contribution in [0.25, 0.3) is 0 Å². The zero-order valence-electron chi connectivity index (χ0n) is 9.83. The first-order valence-electron chi connectivity index (χ1n) is 5.74. The highest BCUT2D eigenvalue weighted by molar-refractivity contribution is 5.95. The zero-order chi connectivity index (χ0) is 13.0. The van der Waals surface area contributed by atoms with Crippen LogP contribution in [0.1, 0.15) is 23.8 Å². The highest BCUT2D eigenvalue weighted by atomic mass is 16.3. The molecular weight excluding hydrogens is 238 g/mol. The molecule has 0 aliphatic carbocycles. The molecule has 3 heterocycles. The fourth-order valence-corrected chi connectivity index (χ4v) is 2.57. The summed E-state index contributed by atoms with van der Waals surface area (Å²) in [5.41, 5.74) is -0.960. The van der Waals surface area contributed by atoms with E-state index in [1.807, 2.05) is 11.9 Å². The van der Waals surface area contributed by atoms with E-state index in [0.29, 0.717) is 6.67 Å². The molecule has 2 N–H and O–H groups in total. The van der Waals surface area contributed by atoms with Gasteiger partial charge in [0, 0.05) is 12.6 Å². The molecular formula is C11H13N3O4. The second-order valence-corrected chi connectivity index (χ2v) is 4.67. The first-order valence-corrected chi connectivity index (χ1v) is 5.74. The molecule has 1 aromatic rings. The third-order valence-electron chi connectivity index (χ3n) is 3.49. The van der Waals surface area contributed by atoms with Crippen molar-refractivity contribution in [2.45, 2.75) is 26.1 Å². The molecule has 7 nitrogen and oxygen atoms in total. The maximum absolute atomic E-state index is 12.3. The summed E-state index contributed by atoms with van der Waals surface area (Å²) in [6, 6.07) is 0.0505. The molecule has 1 fully saturated rings. The smallest absolute Gasteiger partial charge is 0.289 e. The van der Waals surface area contributed by atoms with Crippen LogP contribution in [0, 0.1) is 0 Å². The van der Waals surface area contributed by atoms with Crippen LogP contribution in [0.15, 0.2) is 11.0 Å². The van der Waals surface area contributed by atoms with Gasteiger partial charge in [0.05, 0.1) is 12.9 Å². The van der Waals surface area contributed by atoms with Crippen molar-refractivity contribution in [2.75, 3.05) is 6.54 Å². The van der Waals surface area contributed by atoms with E-state index in [1.165, 1.54) is 10.8 Å². The number of nitrogens with zero attached hydrogens (tertiary/aromatic N) is 3. The molecule has 1 saturated heterocycles. The molecule has 2 aliphatic rings. The van der Waals surface area contributed by atoms with Crippen molar-refractivity contribution >= 4 is 5.91 Å². The highest BCUT2D eigenvalue weighted by Gasteiger charge is 2.40. The average molecular weight is 251 g/mol. The van der Waals surface area contributed by atoms with Gasteiger partial charge in [0.15, 0.2) is 17.2 Å². The summed E-state index contributed by atoms with van der Waals surface area (Å²) in [6.45, 7) is 3.00. The lowest BCUT2D eigenvalue weighted by Gasteiger charge is -2.37. The Morgan fingerprint density at radius 2 is 2.06 bits per heavy atom. The van der Waals surface area contributed by atoms with Gasteiger partial charge in [-0.1, -0.05) is 0 Å². The maximum Gasteiger partial charge on any atom is 0.289 e. The Balaban J connectivity index is 2.20. The van der Waals surface area contributed by atoms with Crippen molar-refractivity contribution in [1.82, 2.24) is 14.6 Å². The van der Waals surface area contributed by atoms with Crippen LogP contribution in [0.2, 0.25) is 0 Å². The molecule has 18 heavy (non-hydrogen) atoms. The van der Waals surface area contributed by atoms with Gasteiger partial charge in [-0.2, -0.15) is 5.01 Å². The van der Waals surface area contributed by atoms with Gasteiger partial charge < -0.3 is 14.8 Å². The number of aromatic nitrogens is 1. The first-order chi connectivity index (χ1) is 8.50. The van der Waals surface area contributed by atoms with Crippen molar-refractivity contribution in [2.24, 2.45) is 0 Å². The Bertz CT molecular complexity index is 595. The number of hydrazine groups is 1. The standard InChI is InChI=1S/C11H13N3O4/c1-6-2-3-13-5-12-4-7(15)9(16)10(17)8(12)11(18)14(6)13/h4,6,15,17H,2-3,5H2,1H3. The SMILES string of the molecule is CC1CCN2Cn3cc(O)c(=O)c(O)c3C(=O)N12. The molecule has 1 atom stereocenters. The minimum atomic E-state index is -0.907. The fourth-order valence-electron chi connectivity index (χ4n) is 2.57. The number of carbonyl (C=O) groups is 1. The molecule has 2 aliphatic heterocycles. The van der Waals surface area contributed by atoms with E-state index in [2.05, 4.69) is 0 Å². The number of rotatable bonds is 0. The van der Waals surface area contributed by atoms with Crippen LogP contribution in [0.5, 0.6) is 11.5 Å². The Kier molecular flexibility index (Phi) is 2.15. The van der Waals surface area contributed by atoms with Gasteiger partial charge in [0.2, 0.25) is 0 Å². The van der Waals surface area contributed by atoms with E-state index in [1.54, 1.807) is 5.01 Å². The molecule has 1 unspecified atom stereocenters.